The summed E-state index contributed by atoms with van der Waals surface area (Å²) < 4.78 is 41.7. The van der Waals surface area contributed by atoms with E-state index >= 15 is 0 Å². The SMILES string of the molecule is C=CCOP(OC1CC(n2cc(C3=CC(=O)N(CC)C3=O)c(=O)[nH]c2=O)OC1COC(c1ccccc1)(c1ccc(OC)cc1)c1ccc(OC)cc1)N(C(C)C)C(C)C. The molecule has 0 aliphatic carbocycles. The fraction of sp³-hybridized carbons (Fsp3) is 0.378. The van der Waals surface area contributed by atoms with Gasteiger partial charge in [0.05, 0.1) is 44.7 Å². The molecule has 3 heterocycles. The molecule has 2 amide bonds. The molecule has 0 radical (unpaired) electrons. The van der Waals surface area contributed by atoms with E-state index in [0.717, 1.165) is 27.7 Å². The predicted molar refractivity (Wildman–Crippen MR) is 229 cm³/mol. The molecular formula is C45H53N4O10P. The van der Waals surface area contributed by atoms with Crippen molar-refractivity contribution in [3.63, 3.8) is 0 Å². The zero-order valence-corrected chi connectivity index (χ0v) is 35.9. The molecule has 4 unspecified atom stereocenters. The van der Waals surface area contributed by atoms with Crippen molar-refractivity contribution < 1.29 is 37.6 Å². The van der Waals surface area contributed by atoms with Gasteiger partial charge in [0.2, 0.25) is 0 Å². The highest BCUT2D eigenvalue weighted by Gasteiger charge is 2.45. The highest BCUT2D eigenvalue weighted by Crippen LogP contribution is 2.50. The molecule has 4 aromatic rings. The Morgan fingerprint density at radius 2 is 1.48 bits per heavy atom. The van der Waals surface area contributed by atoms with E-state index in [2.05, 4.69) is 43.9 Å². The molecular weight excluding hydrogens is 787 g/mol. The standard InChI is InChI=1S/C45H53N4O10P/c1-9-24-57-60(49(29(3)4)30(5)6)59-38-26-41(48-27-37(42(51)46-44(48)53)36-25-40(50)47(10-2)43(36)52)58-39(38)28-56-45(31-14-12-11-13-15-31,32-16-20-34(54-7)21-17-32)33-18-22-35(55-8)23-19-33/h9,11-23,25,27,29-30,38-39,41H,1,10,24,26,28H2,2-8H3,(H,46,51,53). The van der Waals surface area contributed by atoms with Crippen molar-refractivity contribution >= 4 is 25.9 Å². The molecule has 0 saturated carbocycles. The lowest BCUT2D eigenvalue weighted by Crippen LogP contribution is -2.39. The lowest BCUT2D eigenvalue weighted by atomic mass is 9.80. The number of carbonyl (C=O) groups excluding carboxylic acids is 2. The molecule has 15 heteroatoms. The minimum absolute atomic E-state index is 0.0385. The van der Waals surface area contributed by atoms with Gasteiger partial charge in [0.25, 0.3) is 25.9 Å². The van der Waals surface area contributed by atoms with Gasteiger partial charge < -0.3 is 28.0 Å². The summed E-state index contributed by atoms with van der Waals surface area (Å²) in [6, 6.07) is 25.2. The van der Waals surface area contributed by atoms with Crippen molar-refractivity contribution in [1.82, 2.24) is 19.1 Å². The van der Waals surface area contributed by atoms with Crippen LogP contribution in [0.3, 0.4) is 0 Å². The molecule has 1 fully saturated rings. The van der Waals surface area contributed by atoms with E-state index in [1.807, 2.05) is 78.9 Å². The van der Waals surface area contributed by atoms with Gasteiger partial charge >= 0.3 is 5.69 Å². The highest BCUT2D eigenvalue weighted by atomic mass is 31.2. The second-order valence-corrected chi connectivity index (χ2v) is 16.3. The smallest absolute Gasteiger partial charge is 0.330 e. The van der Waals surface area contributed by atoms with Crippen LogP contribution in [-0.4, -0.2) is 89.2 Å². The maximum absolute atomic E-state index is 13.6. The highest BCUT2D eigenvalue weighted by molar-refractivity contribution is 7.44. The molecule has 2 aliphatic rings. The van der Waals surface area contributed by atoms with Crippen LogP contribution in [-0.2, 0) is 33.7 Å². The summed E-state index contributed by atoms with van der Waals surface area (Å²) in [6.07, 6.45) is 1.68. The molecule has 2 aliphatic heterocycles. The van der Waals surface area contributed by atoms with E-state index in [9.17, 15) is 19.2 Å². The van der Waals surface area contributed by atoms with Gasteiger partial charge in [-0.25, -0.2) is 9.46 Å². The quantitative estimate of drug-likeness (QED) is 0.0474. The van der Waals surface area contributed by atoms with Crippen LogP contribution in [0.2, 0.25) is 0 Å². The first kappa shape index (κ1) is 44.3. The number of methoxy groups -OCH3 is 2. The molecule has 0 bridgehead atoms. The number of imide groups is 1. The molecule has 0 spiro atoms. The van der Waals surface area contributed by atoms with Gasteiger partial charge in [-0.2, -0.15) is 0 Å². The summed E-state index contributed by atoms with van der Waals surface area (Å²) in [5, 5.41) is 0. The Hall–Kier alpha value is -5.21. The number of nitrogens with one attached hydrogen (secondary N) is 1. The maximum atomic E-state index is 13.6. The van der Waals surface area contributed by atoms with Gasteiger partial charge in [0.15, 0.2) is 0 Å². The Kier molecular flexibility index (Phi) is 14.4. The van der Waals surface area contributed by atoms with Gasteiger partial charge in [0, 0.05) is 37.3 Å². The number of hydrogen-bond donors (Lipinski definition) is 1. The van der Waals surface area contributed by atoms with E-state index in [1.54, 1.807) is 27.2 Å². The van der Waals surface area contributed by atoms with Crippen LogP contribution in [0.1, 0.15) is 69.5 Å². The number of aromatic nitrogens is 2. The zero-order valence-electron chi connectivity index (χ0n) is 35.0. The van der Waals surface area contributed by atoms with E-state index in [1.165, 1.54) is 10.8 Å². The second-order valence-electron chi connectivity index (χ2n) is 14.9. The molecule has 3 aromatic carbocycles. The fourth-order valence-corrected chi connectivity index (χ4v) is 9.41. The average Bonchev–Trinajstić information content (AvgIpc) is 3.78. The summed E-state index contributed by atoms with van der Waals surface area (Å²) in [4.78, 5) is 56.0. The Bertz CT molecular complexity index is 2220. The number of hydrogen-bond acceptors (Lipinski definition) is 11. The summed E-state index contributed by atoms with van der Waals surface area (Å²) in [6.45, 7) is 14.1. The summed E-state index contributed by atoms with van der Waals surface area (Å²) in [7, 11) is 1.52. The Morgan fingerprint density at radius 1 is 0.900 bits per heavy atom. The van der Waals surface area contributed by atoms with Crippen LogP contribution < -0.4 is 20.7 Å². The monoisotopic (exact) mass is 840 g/mol. The van der Waals surface area contributed by atoms with Crippen LogP contribution in [0.25, 0.3) is 5.57 Å². The second kappa shape index (κ2) is 19.4. The number of benzene rings is 3. The van der Waals surface area contributed by atoms with Crippen LogP contribution in [0.15, 0.2) is 113 Å². The van der Waals surface area contributed by atoms with Crippen LogP contribution in [0, 0.1) is 0 Å². The molecule has 318 valence electrons. The van der Waals surface area contributed by atoms with Crippen LogP contribution in [0.5, 0.6) is 11.5 Å². The van der Waals surface area contributed by atoms with Crippen molar-refractivity contribution in [3.8, 4) is 11.5 Å². The summed E-state index contributed by atoms with van der Waals surface area (Å²) >= 11 is 0. The first-order valence-electron chi connectivity index (χ1n) is 19.9. The third kappa shape index (κ3) is 9.09. The van der Waals surface area contributed by atoms with E-state index in [0.29, 0.717) is 11.5 Å². The molecule has 1 N–H and O–H groups in total. The minimum atomic E-state index is -1.70. The average molecular weight is 841 g/mol. The normalized spacial score (nSPS) is 18.7. The molecule has 4 atom stereocenters. The van der Waals surface area contributed by atoms with Crippen molar-refractivity contribution in [1.29, 1.82) is 0 Å². The first-order chi connectivity index (χ1) is 28.9. The van der Waals surface area contributed by atoms with Crippen molar-refractivity contribution in [2.45, 2.75) is 77.2 Å². The number of carbonyl (C=O) groups is 2. The van der Waals surface area contributed by atoms with Gasteiger partial charge in [-0.1, -0.05) is 60.7 Å². The molecule has 14 nitrogen and oxygen atoms in total. The lowest BCUT2D eigenvalue weighted by Gasteiger charge is -2.39. The third-order valence-corrected chi connectivity index (χ3v) is 12.6. The van der Waals surface area contributed by atoms with Gasteiger partial charge in [-0.15, -0.1) is 6.58 Å². The summed E-state index contributed by atoms with van der Waals surface area (Å²) in [5.41, 5.74) is -0.556. The Balaban J connectivity index is 1.46. The summed E-state index contributed by atoms with van der Waals surface area (Å²) in [5.74, 6) is 0.179. The predicted octanol–water partition coefficient (Wildman–Crippen LogP) is 6.56. The van der Waals surface area contributed by atoms with E-state index < -0.39 is 55.6 Å². The van der Waals surface area contributed by atoms with E-state index in [4.69, 9.17) is 28.0 Å². The number of rotatable bonds is 19. The maximum Gasteiger partial charge on any atom is 0.330 e. The van der Waals surface area contributed by atoms with Gasteiger partial charge in [-0.05, 0) is 75.6 Å². The molecule has 1 saturated heterocycles. The molecule has 60 heavy (non-hydrogen) atoms. The minimum Gasteiger partial charge on any atom is -0.497 e. The van der Waals surface area contributed by atoms with Crippen LogP contribution in [0.4, 0.5) is 0 Å². The number of likely N-dealkylation sites (N-methyl/N-ethyl adjacent to an activating group) is 1. The van der Waals surface area contributed by atoms with Crippen LogP contribution >= 0.6 is 8.53 Å². The number of aromatic amines is 1. The van der Waals surface area contributed by atoms with Gasteiger partial charge in [0.1, 0.15) is 29.4 Å². The first-order valence-corrected chi connectivity index (χ1v) is 21.1. The lowest BCUT2D eigenvalue weighted by molar-refractivity contribution is -0.136. The number of nitrogens with zero attached hydrogens (tertiary/aromatic N) is 3. The topological polar surface area (TPSA) is 151 Å². The number of amides is 2. The Morgan fingerprint density at radius 3 is 2.00 bits per heavy atom. The zero-order chi connectivity index (χ0) is 43.1. The third-order valence-electron chi connectivity index (χ3n) is 10.5. The van der Waals surface area contributed by atoms with Crippen molar-refractivity contribution in [3.05, 3.63) is 147 Å². The fourth-order valence-electron chi connectivity index (χ4n) is 7.66. The van der Waals surface area contributed by atoms with Crippen molar-refractivity contribution in [2.75, 3.05) is 34.0 Å². The van der Waals surface area contributed by atoms with E-state index in [-0.39, 0.29) is 49.4 Å². The number of ether oxygens (including phenoxy) is 4. The number of H-pyrrole nitrogens is 1. The van der Waals surface area contributed by atoms with Gasteiger partial charge in [-0.3, -0.25) is 28.8 Å². The van der Waals surface area contributed by atoms with Crippen molar-refractivity contribution in [2.24, 2.45) is 0 Å². The molecule has 1 aromatic heterocycles. The molecule has 6 rings (SSSR count). The largest absolute Gasteiger partial charge is 0.497 e. The Labute approximate surface area is 351 Å².